The van der Waals surface area contributed by atoms with E-state index in [9.17, 15) is 4.79 Å². The molecule has 118 valence electrons. The number of nitrogens with two attached hydrogens (primary N) is 1. The van der Waals surface area contributed by atoms with Crippen LogP contribution in [0.4, 0.5) is 5.69 Å². The van der Waals surface area contributed by atoms with Crippen molar-refractivity contribution in [2.45, 2.75) is 0 Å². The SMILES string of the molecule is NC1=CC2=Nc3c(cccc3C3=CC=CC=CN3)OC2=CC1C=O. The van der Waals surface area contributed by atoms with Crippen molar-refractivity contribution >= 4 is 23.4 Å². The van der Waals surface area contributed by atoms with Crippen molar-refractivity contribution in [3.63, 3.8) is 0 Å². The summed E-state index contributed by atoms with van der Waals surface area (Å²) in [6.45, 7) is 0. The number of para-hydroxylation sites is 1. The van der Waals surface area contributed by atoms with E-state index in [1.54, 1.807) is 12.2 Å². The summed E-state index contributed by atoms with van der Waals surface area (Å²) < 4.78 is 5.96. The quantitative estimate of drug-likeness (QED) is 0.822. The Labute approximate surface area is 139 Å². The van der Waals surface area contributed by atoms with Crippen molar-refractivity contribution in [2.75, 3.05) is 0 Å². The molecule has 3 N–H and O–H groups in total. The van der Waals surface area contributed by atoms with E-state index in [1.807, 2.05) is 48.7 Å². The molecule has 2 aliphatic heterocycles. The average molecular weight is 317 g/mol. The summed E-state index contributed by atoms with van der Waals surface area (Å²) in [4.78, 5) is 15.8. The van der Waals surface area contributed by atoms with Gasteiger partial charge in [-0.2, -0.15) is 0 Å². The third kappa shape index (κ3) is 2.36. The Morgan fingerprint density at radius 1 is 1.25 bits per heavy atom. The number of nitrogens with one attached hydrogen (secondary N) is 1. The average Bonchev–Trinajstić information content (AvgIpc) is 2.88. The van der Waals surface area contributed by atoms with Gasteiger partial charge in [-0.25, -0.2) is 4.99 Å². The lowest BCUT2D eigenvalue weighted by molar-refractivity contribution is -0.109. The number of ether oxygens (including phenoxy) is 1. The van der Waals surface area contributed by atoms with Crippen LogP contribution < -0.4 is 15.8 Å². The van der Waals surface area contributed by atoms with E-state index in [0.717, 1.165) is 23.2 Å². The monoisotopic (exact) mass is 317 g/mol. The van der Waals surface area contributed by atoms with Gasteiger partial charge in [0.25, 0.3) is 0 Å². The molecular weight excluding hydrogens is 302 g/mol. The van der Waals surface area contributed by atoms with Crippen molar-refractivity contribution < 1.29 is 9.53 Å². The van der Waals surface area contributed by atoms with Crippen LogP contribution in [0, 0.1) is 5.92 Å². The van der Waals surface area contributed by atoms with Gasteiger partial charge in [0.15, 0.2) is 5.75 Å². The molecule has 1 aromatic carbocycles. The number of aliphatic imine (C=N–C) groups is 1. The molecule has 1 unspecified atom stereocenters. The minimum atomic E-state index is -0.467. The molecule has 3 aliphatic rings. The molecule has 0 aromatic heterocycles. The van der Waals surface area contributed by atoms with Crippen LogP contribution in [0.25, 0.3) is 5.70 Å². The molecule has 0 spiro atoms. The van der Waals surface area contributed by atoms with E-state index in [2.05, 4.69) is 5.32 Å². The molecule has 1 aromatic rings. The summed E-state index contributed by atoms with van der Waals surface area (Å²) in [7, 11) is 0. The van der Waals surface area contributed by atoms with E-state index in [-0.39, 0.29) is 0 Å². The van der Waals surface area contributed by atoms with Gasteiger partial charge in [0.2, 0.25) is 0 Å². The third-order valence-electron chi connectivity index (χ3n) is 3.98. The number of aldehydes is 1. The van der Waals surface area contributed by atoms with E-state index in [1.165, 1.54) is 0 Å². The second kappa shape index (κ2) is 5.70. The zero-order valence-electron chi connectivity index (χ0n) is 12.8. The molecule has 0 radical (unpaired) electrons. The van der Waals surface area contributed by atoms with E-state index in [4.69, 9.17) is 15.5 Å². The van der Waals surface area contributed by atoms with Crippen molar-refractivity contribution in [1.29, 1.82) is 0 Å². The van der Waals surface area contributed by atoms with Gasteiger partial charge in [-0.3, -0.25) is 0 Å². The minimum Gasteiger partial charge on any atom is -0.453 e. The second-order valence-electron chi connectivity index (χ2n) is 5.56. The first-order chi connectivity index (χ1) is 11.8. The van der Waals surface area contributed by atoms with Crippen molar-refractivity contribution in [3.8, 4) is 5.75 Å². The van der Waals surface area contributed by atoms with Gasteiger partial charge in [0.05, 0.1) is 5.92 Å². The summed E-state index contributed by atoms with van der Waals surface area (Å²) in [5, 5.41) is 3.24. The number of hydrogen-bond donors (Lipinski definition) is 2. The molecule has 1 atom stereocenters. The molecule has 1 aliphatic carbocycles. The largest absolute Gasteiger partial charge is 0.453 e. The highest BCUT2D eigenvalue weighted by molar-refractivity contribution is 6.12. The minimum absolute atomic E-state index is 0.467. The summed E-state index contributed by atoms with van der Waals surface area (Å²) in [5.41, 5.74) is 9.62. The van der Waals surface area contributed by atoms with Crippen LogP contribution in [-0.4, -0.2) is 12.0 Å². The number of allylic oxidation sites excluding steroid dienone is 6. The number of carbonyl (C=O) groups excluding carboxylic acids is 1. The normalized spacial score (nSPS) is 20.9. The summed E-state index contributed by atoms with van der Waals surface area (Å²) in [6, 6.07) is 5.76. The Kier molecular flexibility index (Phi) is 3.39. The van der Waals surface area contributed by atoms with Crippen LogP contribution in [0.1, 0.15) is 5.56 Å². The van der Waals surface area contributed by atoms with Crippen LogP contribution in [0.15, 0.2) is 77.3 Å². The fourth-order valence-electron chi connectivity index (χ4n) is 2.76. The Hall–Kier alpha value is -3.34. The highest BCUT2D eigenvalue weighted by Gasteiger charge is 2.26. The molecule has 0 saturated carbocycles. The summed E-state index contributed by atoms with van der Waals surface area (Å²) >= 11 is 0. The van der Waals surface area contributed by atoms with Crippen LogP contribution in [-0.2, 0) is 4.79 Å². The molecular formula is C19H15N3O2. The van der Waals surface area contributed by atoms with Gasteiger partial charge in [0, 0.05) is 23.2 Å². The van der Waals surface area contributed by atoms with Crippen LogP contribution in [0.2, 0.25) is 0 Å². The Morgan fingerprint density at radius 3 is 3.04 bits per heavy atom. The second-order valence-corrected chi connectivity index (χ2v) is 5.56. The molecule has 0 amide bonds. The van der Waals surface area contributed by atoms with Crippen LogP contribution in [0.5, 0.6) is 5.75 Å². The fraction of sp³-hybridized carbons (Fsp3) is 0.0526. The Morgan fingerprint density at radius 2 is 2.17 bits per heavy atom. The third-order valence-corrected chi connectivity index (χ3v) is 3.98. The first kappa shape index (κ1) is 14.3. The lowest BCUT2D eigenvalue weighted by Crippen LogP contribution is -2.23. The lowest BCUT2D eigenvalue weighted by Gasteiger charge is -2.24. The maximum atomic E-state index is 11.1. The predicted octanol–water partition coefficient (Wildman–Crippen LogP) is 2.72. The van der Waals surface area contributed by atoms with Gasteiger partial charge in [-0.1, -0.05) is 24.3 Å². The molecule has 24 heavy (non-hydrogen) atoms. The van der Waals surface area contributed by atoms with Gasteiger partial charge < -0.3 is 20.6 Å². The highest BCUT2D eigenvalue weighted by Crippen LogP contribution is 2.40. The molecule has 5 heteroatoms. The molecule has 5 nitrogen and oxygen atoms in total. The number of benzene rings is 1. The number of hydrogen-bond acceptors (Lipinski definition) is 5. The van der Waals surface area contributed by atoms with Crippen molar-refractivity contribution in [3.05, 3.63) is 77.9 Å². The van der Waals surface area contributed by atoms with E-state index >= 15 is 0 Å². The standard InChI is InChI=1S/C19H15N3O2/c20-14-10-16-18(9-12(14)11-23)24-17-7-4-5-13(19(17)22-16)15-6-2-1-3-8-21-15/h1-12,21H,20H2. The zero-order valence-corrected chi connectivity index (χ0v) is 12.8. The van der Waals surface area contributed by atoms with Gasteiger partial charge in [0.1, 0.15) is 23.4 Å². The van der Waals surface area contributed by atoms with E-state index in [0.29, 0.717) is 22.9 Å². The zero-order chi connectivity index (χ0) is 16.5. The number of nitrogens with zero attached hydrogens (tertiary/aromatic N) is 1. The van der Waals surface area contributed by atoms with Gasteiger partial charge >= 0.3 is 0 Å². The summed E-state index contributed by atoms with van der Waals surface area (Å²) in [6.07, 6.45) is 13.9. The Bertz CT molecular complexity index is 901. The number of rotatable bonds is 2. The lowest BCUT2D eigenvalue weighted by atomic mass is 9.97. The molecule has 0 saturated heterocycles. The van der Waals surface area contributed by atoms with Crippen molar-refractivity contribution in [2.24, 2.45) is 16.6 Å². The highest BCUT2D eigenvalue weighted by atomic mass is 16.5. The topological polar surface area (TPSA) is 76.7 Å². The smallest absolute Gasteiger partial charge is 0.153 e. The maximum Gasteiger partial charge on any atom is 0.153 e. The predicted molar refractivity (Wildman–Crippen MR) is 93.5 cm³/mol. The molecule has 4 rings (SSSR count). The van der Waals surface area contributed by atoms with Gasteiger partial charge in [-0.05, 0) is 30.4 Å². The molecule has 2 heterocycles. The van der Waals surface area contributed by atoms with Crippen molar-refractivity contribution in [1.82, 2.24) is 5.32 Å². The first-order valence-corrected chi connectivity index (χ1v) is 7.61. The fourth-order valence-corrected chi connectivity index (χ4v) is 2.76. The summed E-state index contributed by atoms with van der Waals surface area (Å²) in [5.74, 6) is 0.750. The van der Waals surface area contributed by atoms with Crippen LogP contribution in [0.3, 0.4) is 0 Å². The molecule has 0 bridgehead atoms. The maximum absolute atomic E-state index is 11.1. The van der Waals surface area contributed by atoms with Gasteiger partial charge in [-0.15, -0.1) is 0 Å². The number of fused-ring (bicyclic) bond motifs is 2. The van der Waals surface area contributed by atoms with Crippen LogP contribution >= 0.6 is 0 Å². The Balaban J connectivity index is 1.83. The van der Waals surface area contributed by atoms with E-state index < -0.39 is 5.92 Å². The molecule has 0 fully saturated rings. The number of carbonyl (C=O) groups is 1. The first-order valence-electron chi connectivity index (χ1n) is 7.61.